The Labute approximate surface area is 172 Å². The maximum atomic E-state index is 5.78. The van der Waals surface area contributed by atoms with Crippen molar-refractivity contribution in [2.45, 2.75) is 57.2 Å². The fourth-order valence-electron chi connectivity index (χ4n) is 3.46. The second-order valence-corrected chi connectivity index (χ2v) is 6.79. The first-order chi connectivity index (χ1) is 12.2. The average Bonchev–Trinajstić information content (AvgIpc) is 3.08. The van der Waals surface area contributed by atoms with Gasteiger partial charge < -0.3 is 20.1 Å². The summed E-state index contributed by atoms with van der Waals surface area (Å²) in [5.74, 6) is 2.84. The van der Waals surface area contributed by atoms with Gasteiger partial charge in [0.1, 0.15) is 5.82 Å². The Kier molecular flexibility index (Phi) is 8.08. The molecule has 3 rings (SSSR count). The average molecular weight is 478 g/mol. The number of hydrogen-bond acceptors (Lipinski definition) is 5. The smallest absolute Gasteiger partial charge is 0.191 e. The lowest BCUT2D eigenvalue weighted by Crippen LogP contribution is -2.53. The lowest BCUT2D eigenvalue weighted by molar-refractivity contribution is -0.0855. The minimum absolute atomic E-state index is 0. The predicted molar refractivity (Wildman–Crippen MR) is 111 cm³/mol. The summed E-state index contributed by atoms with van der Waals surface area (Å²) < 4.78 is 13.3. The van der Waals surface area contributed by atoms with E-state index in [1.807, 2.05) is 4.68 Å². The molecule has 1 atom stereocenters. The lowest BCUT2D eigenvalue weighted by Gasteiger charge is -2.36. The van der Waals surface area contributed by atoms with Crippen LogP contribution in [-0.4, -0.2) is 66.3 Å². The molecular formula is C17H31IN6O2. The van der Waals surface area contributed by atoms with Crippen LogP contribution in [-0.2, 0) is 28.9 Å². The molecule has 2 aliphatic rings. The standard InChI is InChI=1S/C17H30N6O2.HI/c1-4-14-21-15-6-5-13(11-23(15)22-14)20-16(18-2)19-12-17(24-3)7-9-25-10-8-17;/h13H,4-12H2,1-3H3,(H2,18,19,20);1H. The number of guanidine groups is 1. The number of aromatic nitrogens is 3. The third-order valence-electron chi connectivity index (χ3n) is 5.20. The molecule has 148 valence electrons. The predicted octanol–water partition coefficient (Wildman–Crippen LogP) is 1.13. The molecule has 0 aromatic carbocycles. The largest absolute Gasteiger partial charge is 0.381 e. The highest BCUT2D eigenvalue weighted by Crippen LogP contribution is 2.23. The molecule has 1 aromatic rings. The molecule has 1 aromatic heterocycles. The Hall–Kier alpha value is -0.940. The first-order valence-corrected chi connectivity index (χ1v) is 9.20. The van der Waals surface area contributed by atoms with Crippen LogP contribution in [0.1, 0.15) is 37.8 Å². The van der Waals surface area contributed by atoms with E-state index in [0.717, 1.165) is 76.0 Å². The molecule has 0 aliphatic carbocycles. The third-order valence-corrected chi connectivity index (χ3v) is 5.20. The van der Waals surface area contributed by atoms with Crippen molar-refractivity contribution >= 4 is 29.9 Å². The van der Waals surface area contributed by atoms with Crippen molar-refractivity contribution < 1.29 is 9.47 Å². The summed E-state index contributed by atoms with van der Waals surface area (Å²) in [6, 6.07) is 0.304. The first kappa shape index (κ1) is 21.4. The van der Waals surface area contributed by atoms with Crippen molar-refractivity contribution in [1.29, 1.82) is 0 Å². The molecule has 1 unspecified atom stereocenters. The summed E-state index contributed by atoms with van der Waals surface area (Å²) in [5.41, 5.74) is -0.169. The zero-order valence-corrected chi connectivity index (χ0v) is 18.3. The molecular weight excluding hydrogens is 447 g/mol. The Morgan fingerprint density at radius 3 is 2.85 bits per heavy atom. The van der Waals surface area contributed by atoms with Crippen molar-refractivity contribution in [2.24, 2.45) is 4.99 Å². The van der Waals surface area contributed by atoms with E-state index in [1.54, 1.807) is 14.2 Å². The maximum absolute atomic E-state index is 5.78. The van der Waals surface area contributed by atoms with E-state index in [9.17, 15) is 0 Å². The number of rotatable bonds is 5. The van der Waals surface area contributed by atoms with Crippen LogP contribution in [0, 0.1) is 0 Å². The van der Waals surface area contributed by atoms with Crippen LogP contribution in [0.4, 0.5) is 0 Å². The van der Waals surface area contributed by atoms with Crippen LogP contribution >= 0.6 is 24.0 Å². The Bertz CT molecular complexity index is 600. The van der Waals surface area contributed by atoms with Gasteiger partial charge in [0, 0.05) is 65.6 Å². The van der Waals surface area contributed by atoms with E-state index in [4.69, 9.17) is 9.47 Å². The summed E-state index contributed by atoms with van der Waals surface area (Å²) in [5, 5.41) is 11.5. The van der Waals surface area contributed by atoms with Gasteiger partial charge in [0.15, 0.2) is 11.8 Å². The number of hydrogen-bond donors (Lipinski definition) is 2. The van der Waals surface area contributed by atoms with Gasteiger partial charge in [0.05, 0.1) is 12.1 Å². The normalized spacial score (nSPS) is 22.3. The van der Waals surface area contributed by atoms with E-state index in [0.29, 0.717) is 6.04 Å². The van der Waals surface area contributed by atoms with Gasteiger partial charge >= 0.3 is 0 Å². The molecule has 2 aliphatic heterocycles. The highest BCUT2D eigenvalue weighted by atomic mass is 127. The van der Waals surface area contributed by atoms with Gasteiger partial charge in [-0.25, -0.2) is 9.67 Å². The molecule has 8 nitrogen and oxygen atoms in total. The van der Waals surface area contributed by atoms with Gasteiger partial charge in [-0.2, -0.15) is 5.10 Å². The summed E-state index contributed by atoms with van der Waals surface area (Å²) >= 11 is 0. The van der Waals surface area contributed by atoms with Crippen LogP contribution in [0.15, 0.2) is 4.99 Å². The number of aliphatic imine (C=N–C) groups is 1. The Balaban J connectivity index is 0.00000243. The molecule has 9 heteroatoms. The SMILES string of the molecule is CCc1nc2n(n1)CC(NC(=NC)NCC1(OC)CCOCC1)CC2.I. The number of aryl methyl sites for hydroxylation is 2. The molecule has 0 bridgehead atoms. The van der Waals surface area contributed by atoms with Crippen LogP contribution in [0.25, 0.3) is 0 Å². The van der Waals surface area contributed by atoms with Gasteiger partial charge in [-0.05, 0) is 6.42 Å². The first-order valence-electron chi connectivity index (χ1n) is 9.20. The highest BCUT2D eigenvalue weighted by molar-refractivity contribution is 14.0. The number of ether oxygens (including phenoxy) is 2. The van der Waals surface area contributed by atoms with Crippen LogP contribution in [0.5, 0.6) is 0 Å². The topological polar surface area (TPSA) is 85.6 Å². The van der Waals surface area contributed by atoms with E-state index in [-0.39, 0.29) is 29.6 Å². The molecule has 26 heavy (non-hydrogen) atoms. The molecule has 3 heterocycles. The minimum Gasteiger partial charge on any atom is -0.381 e. The Morgan fingerprint density at radius 2 is 2.19 bits per heavy atom. The van der Waals surface area contributed by atoms with Crippen molar-refractivity contribution in [3.8, 4) is 0 Å². The van der Waals surface area contributed by atoms with E-state index >= 15 is 0 Å². The molecule has 0 spiro atoms. The number of fused-ring (bicyclic) bond motifs is 1. The zero-order valence-electron chi connectivity index (χ0n) is 16.0. The summed E-state index contributed by atoms with van der Waals surface area (Å²) in [7, 11) is 3.58. The van der Waals surface area contributed by atoms with E-state index < -0.39 is 0 Å². The molecule has 0 saturated carbocycles. The van der Waals surface area contributed by atoms with Crippen LogP contribution in [0.2, 0.25) is 0 Å². The van der Waals surface area contributed by atoms with Crippen molar-refractivity contribution in [1.82, 2.24) is 25.4 Å². The number of nitrogens with zero attached hydrogens (tertiary/aromatic N) is 4. The van der Waals surface area contributed by atoms with Gasteiger partial charge in [0.25, 0.3) is 0 Å². The van der Waals surface area contributed by atoms with Gasteiger partial charge in [0.2, 0.25) is 0 Å². The van der Waals surface area contributed by atoms with Crippen molar-refractivity contribution in [2.75, 3.05) is 33.9 Å². The van der Waals surface area contributed by atoms with Gasteiger partial charge in [-0.3, -0.25) is 4.99 Å². The molecule has 1 fully saturated rings. The van der Waals surface area contributed by atoms with Crippen LogP contribution < -0.4 is 10.6 Å². The molecule has 0 amide bonds. The summed E-state index contributed by atoms with van der Waals surface area (Å²) in [6.45, 7) is 5.14. The molecule has 1 saturated heterocycles. The number of methoxy groups -OCH3 is 1. The van der Waals surface area contributed by atoms with Crippen LogP contribution in [0.3, 0.4) is 0 Å². The fraction of sp³-hybridized carbons (Fsp3) is 0.824. The number of halogens is 1. The second kappa shape index (κ2) is 9.84. The zero-order chi connectivity index (χ0) is 17.7. The lowest BCUT2D eigenvalue weighted by atomic mass is 9.94. The molecule has 0 radical (unpaired) electrons. The van der Waals surface area contributed by atoms with E-state index in [2.05, 4.69) is 32.6 Å². The monoisotopic (exact) mass is 478 g/mol. The minimum atomic E-state index is -0.169. The summed E-state index contributed by atoms with van der Waals surface area (Å²) in [4.78, 5) is 8.94. The summed E-state index contributed by atoms with van der Waals surface area (Å²) in [6.07, 6.45) is 4.66. The second-order valence-electron chi connectivity index (χ2n) is 6.79. The maximum Gasteiger partial charge on any atom is 0.191 e. The van der Waals surface area contributed by atoms with Crippen molar-refractivity contribution in [3.63, 3.8) is 0 Å². The number of nitrogens with one attached hydrogen (secondary N) is 2. The Morgan fingerprint density at radius 1 is 1.42 bits per heavy atom. The fourth-order valence-corrected chi connectivity index (χ4v) is 3.46. The third kappa shape index (κ3) is 5.07. The molecule has 2 N–H and O–H groups in total. The van der Waals surface area contributed by atoms with Gasteiger partial charge in [-0.1, -0.05) is 6.92 Å². The van der Waals surface area contributed by atoms with E-state index in [1.165, 1.54) is 0 Å². The highest BCUT2D eigenvalue weighted by Gasteiger charge is 2.33. The quantitative estimate of drug-likeness (QED) is 0.375. The van der Waals surface area contributed by atoms with Crippen molar-refractivity contribution in [3.05, 3.63) is 11.6 Å². The van der Waals surface area contributed by atoms with Gasteiger partial charge in [-0.15, -0.1) is 24.0 Å².